The van der Waals surface area contributed by atoms with Crippen molar-refractivity contribution in [3.63, 3.8) is 0 Å². The van der Waals surface area contributed by atoms with E-state index in [1.165, 1.54) is 32.8 Å². The maximum Gasteiger partial charge on any atom is 0.305 e. The van der Waals surface area contributed by atoms with E-state index in [-0.39, 0.29) is 5.97 Å². The van der Waals surface area contributed by atoms with Crippen molar-refractivity contribution >= 4 is 5.97 Å². The largest absolute Gasteiger partial charge is 0.469 e. The monoisotopic (exact) mass is 318 g/mol. The molecule has 130 valence electrons. The van der Waals surface area contributed by atoms with E-state index < -0.39 is 0 Å². The van der Waals surface area contributed by atoms with Crippen LogP contribution in [0.25, 0.3) is 0 Å². The molecule has 2 nitrogen and oxygen atoms in total. The van der Waals surface area contributed by atoms with Crippen LogP contribution in [0.2, 0.25) is 0 Å². The number of rotatable bonds is 14. The number of carbonyl (C=O) groups is 1. The first kappa shape index (κ1) is 21.4. The van der Waals surface area contributed by atoms with Crippen LogP contribution in [0, 0.1) is 0 Å². The van der Waals surface area contributed by atoms with Crippen LogP contribution in [0.1, 0.15) is 71.1 Å². The summed E-state index contributed by atoms with van der Waals surface area (Å²) in [6.07, 6.45) is 28.1. The zero-order chi connectivity index (χ0) is 17.0. The Balaban J connectivity index is 3.42. The molecule has 0 fully saturated rings. The van der Waals surface area contributed by atoms with Crippen molar-refractivity contribution < 1.29 is 9.53 Å². The molecule has 0 saturated carbocycles. The van der Waals surface area contributed by atoms with E-state index in [9.17, 15) is 4.79 Å². The van der Waals surface area contributed by atoms with Gasteiger partial charge in [-0.05, 0) is 44.9 Å². The molecule has 0 amide bonds. The van der Waals surface area contributed by atoms with Gasteiger partial charge in [-0.25, -0.2) is 0 Å². The Morgan fingerprint density at radius 2 is 1.22 bits per heavy atom. The normalized spacial score (nSPS) is 12.3. The Morgan fingerprint density at radius 1 is 0.739 bits per heavy atom. The molecule has 0 spiro atoms. The van der Waals surface area contributed by atoms with E-state index >= 15 is 0 Å². The predicted molar refractivity (Wildman–Crippen MR) is 100 cm³/mol. The first-order chi connectivity index (χ1) is 11.3. The van der Waals surface area contributed by atoms with E-state index in [1.807, 2.05) is 0 Å². The second kappa shape index (κ2) is 18.5. The van der Waals surface area contributed by atoms with E-state index in [0.29, 0.717) is 6.42 Å². The van der Waals surface area contributed by atoms with Gasteiger partial charge in [-0.1, -0.05) is 68.4 Å². The molecule has 0 atom stereocenters. The molecular weight excluding hydrogens is 284 g/mol. The molecule has 0 N–H and O–H groups in total. The Bertz CT molecular complexity index is 375. The maximum atomic E-state index is 10.9. The molecule has 0 unspecified atom stereocenters. The summed E-state index contributed by atoms with van der Waals surface area (Å²) in [7, 11) is 1.43. The van der Waals surface area contributed by atoms with Crippen LogP contribution >= 0.6 is 0 Å². The fraction of sp³-hybridized carbons (Fsp3) is 0.571. The summed E-state index contributed by atoms with van der Waals surface area (Å²) in [4.78, 5) is 10.9. The van der Waals surface area contributed by atoms with Crippen LogP contribution in [0.15, 0.2) is 48.6 Å². The van der Waals surface area contributed by atoms with Gasteiger partial charge in [0.15, 0.2) is 0 Å². The maximum absolute atomic E-state index is 10.9. The summed E-state index contributed by atoms with van der Waals surface area (Å²) in [5.41, 5.74) is 0. The summed E-state index contributed by atoms with van der Waals surface area (Å²) >= 11 is 0. The number of ether oxygens (including phenoxy) is 1. The molecule has 2 heteroatoms. The Morgan fingerprint density at radius 3 is 1.70 bits per heavy atom. The van der Waals surface area contributed by atoms with Crippen molar-refractivity contribution in [2.75, 3.05) is 7.11 Å². The number of allylic oxidation sites excluding steroid dienone is 8. The minimum absolute atomic E-state index is 0.124. The van der Waals surface area contributed by atoms with Crippen molar-refractivity contribution in [2.24, 2.45) is 0 Å². The summed E-state index contributed by atoms with van der Waals surface area (Å²) in [6.45, 7) is 2.24. The molecule has 0 aromatic carbocycles. The van der Waals surface area contributed by atoms with E-state index in [0.717, 1.165) is 32.1 Å². The Kier molecular flexibility index (Phi) is 17.2. The number of hydrogen-bond acceptors (Lipinski definition) is 2. The van der Waals surface area contributed by atoms with Crippen molar-refractivity contribution in [1.29, 1.82) is 0 Å². The molecule has 0 aromatic rings. The first-order valence-corrected chi connectivity index (χ1v) is 8.98. The van der Waals surface area contributed by atoms with Crippen LogP contribution in [-0.2, 0) is 9.53 Å². The predicted octanol–water partition coefficient (Wildman–Crippen LogP) is 6.31. The Labute approximate surface area is 143 Å². The summed E-state index contributed by atoms with van der Waals surface area (Å²) < 4.78 is 4.59. The van der Waals surface area contributed by atoms with Gasteiger partial charge in [-0.2, -0.15) is 0 Å². The molecule has 0 aromatic heterocycles. The van der Waals surface area contributed by atoms with Crippen LogP contribution in [0.5, 0.6) is 0 Å². The van der Waals surface area contributed by atoms with Crippen molar-refractivity contribution in [2.45, 2.75) is 71.1 Å². The highest BCUT2D eigenvalue weighted by molar-refractivity contribution is 5.69. The number of unbranched alkanes of at least 4 members (excludes halogenated alkanes) is 4. The fourth-order valence-corrected chi connectivity index (χ4v) is 2.03. The molecule has 0 bridgehead atoms. The van der Waals surface area contributed by atoms with E-state index in [1.54, 1.807) is 0 Å². The molecule has 0 rings (SSSR count). The third-order valence-corrected chi connectivity index (χ3v) is 3.44. The zero-order valence-corrected chi connectivity index (χ0v) is 15.0. The molecule has 0 saturated heterocycles. The topological polar surface area (TPSA) is 26.3 Å². The van der Waals surface area contributed by atoms with Gasteiger partial charge in [0.25, 0.3) is 0 Å². The van der Waals surface area contributed by atoms with Gasteiger partial charge in [0.2, 0.25) is 0 Å². The minimum atomic E-state index is -0.124. The third-order valence-electron chi connectivity index (χ3n) is 3.44. The molecular formula is C21H34O2. The van der Waals surface area contributed by atoms with Gasteiger partial charge < -0.3 is 4.74 Å². The van der Waals surface area contributed by atoms with Gasteiger partial charge in [-0.15, -0.1) is 0 Å². The number of hydrogen-bond donors (Lipinski definition) is 0. The number of esters is 1. The SMILES string of the molecule is CCCCCC=CCC=CCC=CCC=CCCCC(=O)OC. The minimum Gasteiger partial charge on any atom is -0.469 e. The second-order valence-electron chi connectivity index (χ2n) is 5.56. The first-order valence-electron chi connectivity index (χ1n) is 8.98. The second-order valence-corrected chi connectivity index (χ2v) is 5.56. The standard InChI is InChI=1S/C21H34O2/c1-3-4-5-6-7-8-9-10-11-12-13-14-15-16-17-18-19-20-21(22)23-2/h7-8,10-11,13-14,16-17H,3-6,9,12,15,18-20H2,1-2H3. The molecule has 23 heavy (non-hydrogen) atoms. The van der Waals surface area contributed by atoms with Crippen LogP contribution < -0.4 is 0 Å². The fourth-order valence-electron chi connectivity index (χ4n) is 2.03. The zero-order valence-electron chi connectivity index (χ0n) is 15.0. The van der Waals surface area contributed by atoms with Gasteiger partial charge >= 0.3 is 5.97 Å². The van der Waals surface area contributed by atoms with Crippen LogP contribution in [-0.4, -0.2) is 13.1 Å². The summed E-state index contributed by atoms with van der Waals surface area (Å²) in [5, 5.41) is 0. The van der Waals surface area contributed by atoms with Gasteiger partial charge in [0.1, 0.15) is 0 Å². The molecule has 0 heterocycles. The Hall–Kier alpha value is -1.57. The molecule has 0 aliphatic rings. The highest BCUT2D eigenvalue weighted by atomic mass is 16.5. The molecule has 0 aliphatic carbocycles. The highest BCUT2D eigenvalue weighted by Gasteiger charge is 1.96. The third kappa shape index (κ3) is 18.4. The van der Waals surface area contributed by atoms with Crippen LogP contribution in [0.3, 0.4) is 0 Å². The molecule has 0 aliphatic heterocycles. The van der Waals surface area contributed by atoms with Crippen molar-refractivity contribution in [1.82, 2.24) is 0 Å². The number of carbonyl (C=O) groups excluding carboxylic acids is 1. The van der Waals surface area contributed by atoms with Gasteiger partial charge in [0, 0.05) is 6.42 Å². The highest BCUT2D eigenvalue weighted by Crippen LogP contribution is 2.01. The van der Waals surface area contributed by atoms with E-state index in [4.69, 9.17) is 0 Å². The number of methoxy groups -OCH3 is 1. The van der Waals surface area contributed by atoms with Crippen molar-refractivity contribution in [3.8, 4) is 0 Å². The van der Waals surface area contributed by atoms with Crippen molar-refractivity contribution in [3.05, 3.63) is 48.6 Å². The smallest absolute Gasteiger partial charge is 0.305 e. The molecule has 0 radical (unpaired) electrons. The lowest BCUT2D eigenvalue weighted by Crippen LogP contribution is -1.98. The van der Waals surface area contributed by atoms with Crippen LogP contribution in [0.4, 0.5) is 0 Å². The lowest BCUT2D eigenvalue weighted by molar-refractivity contribution is -0.140. The van der Waals surface area contributed by atoms with E-state index in [2.05, 4.69) is 60.3 Å². The van der Waals surface area contributed by atoms with Gasteiger partial charge in [0.05, 0.1) is 7.11 Å². The lowest BCUT2D eigenvalue weighted by Gasteiger charge is -1.95. The lowest BCUT2D eigenvalue weighted by atomic mass is 10.2. The average molecular weight is 319 g/mol. The summed E-state index contributed by atoms with van der Waals surface area (Å²) in [5.74, 6) is -0.124. The quantitative estimate of drug-likeness (QED) is 0.213. The van der Waals surface area contributed by atoms with Gasteiger partial charge in [-0.3, -0.25) is 4.79 Å². The average Bonchev–Trinajstić information content (AvgIpc) is 2.57. The summed E-state index contributed by atoms with van der Waals surface area (Å²) in [6, 6.07) is 0.